The largest absolute Gasteiger partial charge is 0.489 e. The molecule has 0 unspecified atom stereocenters. The maximum atomic E-state index is 10.7. The lowest BCUT2D eigenvalue weighted by Gasteiger charge is -2.07. The van der Waals surface area contributed by atoms with Crippen molar-refractivity contribution in [2.75, 3.05) is 0 Å². The van der Waals surface area contributed by atoms with Crippen molar-refractivity contribution < 1.29 is 19.2 Å². The summed E-state index contributed by atoms with van der Waals surface area (Å²) in [5.74, 6) is 0.0862. The van der Waals surface area contributed by atoms with Gasteiger partial charge in [0.05, 0.1) is 10.6 Å². The minimum atomic E-state index is -1.11. The molecule has 5 nitrogen and oxygen atoms in total. The van der Waals surface area contributed by atoms with Crippen LogP contribution in [0.2, 0.25) is 0 Å². The molecule has 1 aliphatic rings. The van der Waals surface area contributed by atoms with Crippen molar-refractivity contribution in [3.05, 3.63) is 34.4 Å². The lowest BCUT2D eigenvalue weighted by molar-refractivity contribution is 0.0686. The van der Waals surface area contributed by atoms with E-state index in [-0.39, 0.29) is 5.69 Å². The van der Waals surface area contributed by atoms with E-state index in [1.165, 1.54) is 6.07 Å². The van der Waals surface area contributed by atoms with Gasteiger partial charge in [-0.15, -0.1) is 0 Å². The van der Waals surface area contributed by atoms with Crippen molar-refractivity contribution in [3.8, 4) is 17.1 Å². The molecule has 1 saturated carbocycles. The van der Waals surface area contributed by atoms with Crippen molar-refractivity contribution in [2.45, 2.75) is 18.9 Å². The van der Waals surface area contributed by atoms with E-state index in [0.717, 1.165) is 28.6 Å². The molecule has 1 heterocycles. The van der Waals surface area contributed by atoms with Crippen LogP contribution in [0.15, 0.2) is 33.3 Å². The molecule has 1 fully saturated rings. The van der Waals surface area contributed by atoms with Gasteiger partial charge in [-0.05, 0) is 47.0 Å². The minimum Gasteiger partial charge on any atom is -0.489 e. The molecule has 0 saturated heterocycles. The number of carboxylic acid groups (broad SMARTS) is 1. The molecule has 0 spiro atoms. The quantitative estimate of drug-likeness (QED) is 0.934. The highest BCUT2D eigenvalue weighted by atomic mass is 79.9. The Balaban J connectivity index is 1.87. The molecule has 1 N–H and O–H groups in total. The molecular formula is C13H10BrNO4. The van der Waals surface area contributed by atoms with Crippen LogP contribution in [0, 0.1) is 0 Å². The van der Waals surface area contributed by atoms with E-state index in [0.29, 0.717) is 11.9 Å². The maximum Gasteiger partial charge on any atom is 0.358 e. The first-order chi connectivity index (χ1) is 9.13. The summed E-state index contributed by atoms with van der Waals surface area (Å²) < 4.78 is 11.5. The number of carboxylic acids is 1. The smallest absolute Gasteiger partial charge is 0.358 e. The molecule has 0 radical (unpaired) electrons. The molecular weight excluding hydrogens is 314 g/mol. The predicted molar refractivity (Wildman–Crippen MR) is 70.2 cm³/mol. The summed E-state index contributed by atoms with van der Waals surface area (Å²) in [6.07, 6.45) is 2.52. The molecule has 3 rings (SSSR count). The van der Waals surface area contributed by atoms with Gasteiger partial charge in [0, 0.05) is 11.6 Å². The van der Waals surface area contributed by atoms with Gasteiger partial charge in [-0.1, -0.05) is 5.16 Å². The molecule has 1 aromatic heterocycles. The third-order valence-corrected chi connectivity index (χ3v) is 3.38. The van der Waals surface area contributed by atoms with Gasteiger partial charge in [0.25, 0.3) is 0 Å². The van der Waals surface area contributed by atoms with Crippen LogP contribution in [0.1, 0.15) is 23.3 Å². The Morgan fingerprint density at radius 1 is 1.42 bits per heavy atom. The van der Waals surface area contributed by atoms with Crippen molar-refractivity contribution in [3.63, 3.8) is 0 Å². The van der Waals surface area contributed by atoms with E-state index >= 15 is 0 Å². The second-order valence-corrected chi connectivity index (χ2v) is 5.20. The molecule has 2 aromatic rings. The molecule has 6 heteroatoms. The molecule has 0 aliphatic heterocycles. The fraction of sp³-hybridized carbons (Fsp3) is 0.231. The molecule has 1 aliphatic carbocycles. The highest BCUT2D eigenvalue weighted by molar-refractivity contribution is 9.10. The SMILES string of the molecule is O=C(O)c1cc(-c2ccc(OC3CC3)c(Br)c2)on1. The average Bonchev–Trinajstić information content (AvgIpc) is 3.05. The Morgan fingerprint density at radius 2 is 2.21 bits per heavy atom. The first-order valence-electron chi connectivity index (χ1n) is 5.80. The van der Waals surface area contributed by atoms with Gasteiger partial charge in [-0.2, -0.15) is 0 Å². The Kier molecular flexibility index (Phi) is 3.02. The zero-order valence-electron chi connectivity index (χ0n) is 9.80. The van der Waals surface area contributed by atoms with Crippen molar-refractivity contribution in [1.29, 1.82) is 0 Å². The van der Waals surface area contributed by atoms with E-state index in [1.807, 2.05) is 18.2 Å². The van der Waals surface area contributed by atoms with Gasteiger partial charge in [0.1, 0.15) is 5.75 Å². The van der Waals surface area contributed by atoms with Gasteiger partial charge >= 0.3 is 5.97 Å². The summed E-state index contributed by atoms with van der Waals surface area (Å²) in [6.45, 7) is 0. The number of halogens is 1. The van der Waals surface area contributed by atoms with Gasteiger partial charge in [-0.3, -0.25) is 0 Å². The van der Waals surface area contributed by atoms with Gasteiger partial charge in [0.15, 0.2) is 11.5 Å². The number of nitrogens with zero attached hydrogens (tertiary/aromatic N) is 1. The van der Waals surface area contributed by atoms with Crippen molar-refractivity contribution in [2.24, 2.45) is 0 Å². The van der Waals surface area contributed by atoms with Crippen LogP contribution in [-0.2, 0) is 0 Å². The van der Waals surface area contributed by atoms with Crippen LogP contribution in [0.25, 0.3) is 11.3 Å². The highest BCUT2D eigenvalue weighted by Crippen LogP contribution is 2.35. The number of hydrogen-bond donors (Lipinski definition) is 1. The monoisotopic (exact) mass is 323 g/mol. The third kappa shape index (κ3) is 2.63. The van der Waals surface area contributed by atoms with E-state index < -0.39 is 5.97 Å². The lowest BCUT2D eigenvalue weighted by Crippen LogP contribution is -1.96. The Labute approximate surface area is 117 Å². The first kappa shape index (κ1) is 12.2. The number of aromatic carboxylic acids is 1. The Bertz CT molecular complexity index is 633. The van der Waals surface area contributed by atoms with Crippen molar-refractivity contribution in [1.82, 2.24) is 5.16 Å². The Morgan fingerprint density at radius 3 is 2.79 bits per heavy atom. The Hall–Kier alpha value is -1.82. The van der Waals surface area contributed by atoms with Gasteiger partial charge in [0.2, 0.25) is 0 Å². The number of aromatic nitrogens is 1. The molecule has 1 aromatic carbocycles. The lowest BCUT2D eigenvalue weighted by atomic mass is 10.1. The van der Waals surface area contributed by atoms with Crippen LogP contribution in [0.5, 0.6) is 5.75 Å². The van der Waals surface area contributed by atoms with Crippen LogP contribution >= 0.6 is 15.9 Å². The van der Waals surface area contributed by atoms with Gasteiger partial charge in [-0.25, -0.2) is 4.79 Å². The molecule has 0 bridgehead atoms. The fourth-order valence-electron chi connectivity index (χ4n) is 1.63. The maximum absolute atomic E-state index is 10.7. The molecule has 19 heavy (non-hydrogen) atoms. The number of hydrogen-bond acceptors (Lipinski definition) is 4. The van der Waals surface area contributed by atoms with E-state index in [1.54, 1.807) is 0 Å². The van der Waals surface area contributed by atoms with Crippen LogP contribution in [-0.4, -0.2) is 22.3 Å². The fourth-order valence-corrected chi connectivity index (χ4v) is 2.10. The van der Waals surface area contributed by atoms with E-state index in [9.17, 15) is 4.79 Å². The molecule has 0 amide bonds. The highest BCUT2D eigenvalue weighted by Gasteiger charge is 2.24. The summed E-state index contributed by atoms with van der Waals surface area (Å²) >= 11 is 3.43. The summed E-state index contributed by atoms with van der Waals surface area (Å²) in [5, 5.41) is 12.3. The number of rotatable bonds is 4. The summed E-state index contributed by atoms with van der Waals surface area (Å²) in [4.78, 5) is 10.7. The average molecular weight is 324 g/mol. The van der Waals surface area contributed by atoms with Crippen LogP contribution in [0.3, 0.4) is 0 Å². The standard InChI is InChI=1S/C13H10BrNO4/c14-9-5-7(1-4-11(9)18-8-2-3-8)12-6-10(13(16)17)15-19-12/h1,4-6,8H,2-3H2,(H,16,17). The van der Waals surface area contributed by atoms with Crippen LogP contribution < -0.4 is 4.74 Å². The number of carbonyl (C=O) groups is 1. The molecule has 98 valence electrons. The van der Waals surface area contributed by atoms with Crippen molar-refractivity contribution >= 4 is 21.9 Å². The van der Waals surface area contributed by atoms with Gasteiger partial charge < -0.3 is 14.4 Å². The third-order valence-electron chi connectivity index (χ3n) is 2.76. The normalized spacial score (nSPS) is 14.4. The zero-order chi connectivity index (χ0) is 13.4. The number of ether oxygens (including phenoxy) is 1. The summed E-state index contributed by atoms with van der Waals surface area (Å²) in [7, 11) is 0. The summed E-state index contributed by atoms with van der Waals surface area (Å²) in [6, 6.07) is 6.87. The molecule has 0 atom stereocenters. The topological polar surface area (TPSA) is 72.6 Å². The first-order valence-corrected chi connectivity index (χ1v) is 6.59. The zero-order valence-corrected chi connectivity index (χ0v) is 11.4. The second kappa shape index (κ2) is 4.70. The van der Waals surface area contributed by atoms with E-state index in [4.69, 9.17) is 14.4 Å². The second-order valence-electron chi connectivity index (χ2n) is 4.34. The van der Waals surface area contributed by atoms with Crippen LogP contribution in [0.4, 0.5) is 0 Å². The van der Waals surface area contributed by atoms with E-state index in [2.05, 4.69) is 21.1 Å². The number of benzene rings is 1. The minimum absolute atomic E-state index is 0.107. The predicted octanol–water partition coefficient (Wildman–Crippen LogP) is 3.34. The summed E-state index contributed by atoms with van der Waals surface area (Å²) in [5.41, 5.74) is 0.638.